The molecule has 0 unspecified atom stereocenters. The predicted molar refractivity (Wildman–Crippen MR) is 118 cm³/mol. The molecule has 7 nitrogen and oxygen atoms in total. The van der Waals surface area contributed by atoms with E-state index in [9.17, 15) is 4.79 Å². The third-order valence-electron chi connectivity index (χ3n) is 4.79. The number of benzene rings is 2. The van der Waals surface area contributed by atoms with E-state index in [-0.39, 0.29) is 11.6 Å². The molecule has 0 fully saturated rings. The van der Waals surface area contributed by atoms with E-state index >= 15 is 0 Å². The second kappa shape index (κ2) is 8.04. The predicted octanol–water partition coefficient (Wildman–Crippen LogP) is 4.83. The number of nitrogens with zero attached hydrogens (tertiary/aromatic N) is 3. The number of aromatic nitrogens is 3. The lowest BCUT2D eigenvalue weighted by molar-refractivity contribution is 0.0958. The molecule has 1 amide bonds. The molecule has 0 radical (unpaired) electrons. The van der Waals surface area contributed by atoms with Crippen LogP contribution in [0.25, 0.3) is 11.0 Å². The van der Waals surface area contributed by atoms with E-state index in [1.165, 1.54) is 6.20 Å². The molecule has 8 heteroatoms. The number of hydrogen-bond acceptors (Lipinski definition) is 5. The van der Waals surface area contributed by atoms with Crippen molar-refractivity contribution in [2.45, 2.75) is 6.92 Å². The van der Waals surface area contributed by atoms with Gasteiger partial charge in [0.05, 0.1) is 11.0 Å². The normalized spacial score (nSPS) is 10.8. The molecule has 0 saturated carbocycles. The Labute approximate surface area is 178 Å². The Morgan fingerprint density at radius 3 is 2.73 bits per heavy atom. The maximum atomic E-state index is 11.8. The zero-order valence-corrected chi connectivity index (χ0v) is 17.5. The summed E-state index contributed by atoms with van der Waals surface area (Å²) in [5.74, 6) is 1.55. The van der Waals surface area contributed by atoms with Crippen molar-refractivity contribution in [3.8, 4) is 11.5 Å². The minimum atomic E-state index is -0.271. The first kappa shape index (κ1) is 19.7. The van der Waals surface area contributed by atoms with Gasteiger partial charge in [-0.15, -0.1) is 0 Å². The molecule has 30 heavy (non-hydrogen) atoms. The number of carbonyl (C=O) groups is 1. The number of pyridine rings is 1. The first-order chi connectivity index (χ1) is 14.5. The molecule has 0 aliphatic carbocycles. The van der Waals surface area contributed by atoms with Crippen LogP contribution in [0, 0.1) is 6.92 Å². The zero-order chi connectivity index (χ0) is 21.3. The topological polar surface area (TPSA) is 81.1 Å². The number of carbonyl (C=O) groups excluding carboxylic acids is 1. The van der Waals surface area contributed by atoms with E-state index in [0.717, 1.165) is 22.3 Å². The van der Waals surface area contributed by atoms with Gasteiger partial charge >= 0.3 is 0 Å². The van der Waals surface area contributed by atoms with Crippen molar-refractivity contribution in [1.82, 2.24) is 19.9 Å². The third-order valence-corrected chi connectivity index (χ3v) is 5.20. The lowest BCUT2D eigenvalue weighted by Gasteiger charge is -2.10. The third kappa shape index (κ3) is 3.79. The maximum Gasteiger partial charge on any atom is 0.269 e. The lowest BCUT2D eigenvalue weighted by atomic mass is 10.2. The number of imidazole rings is 1. The molecule has 0 bridgehead atoms. The SMILES string of the molecule is CNC(=O)c1cc(Oc2ccc3c(c2)nc(Nc2cccc(Cl)c2C)n3C)ccn1. The summed E-state index contributed by atoms with van der Waals surface area (Å²) >= 11 is 6.22. The standard InChI is InChI=1S/C22H20ClN5O2/c1-13-16(23)5-4-6-17(13)26-22-27-18-11-14(7-8-20(18)28(22)3)30-15-9-10-25-19(12-15)21(29)24-2/h4-12H,1-3H3,(H,24,29)(H,26,27). The lowest BCUT2D eigenvalue weighted by Crippen LogP contribution is -2.18. The van der Waals surface area contributed by atoms with Crippen molar-refractivity contribution in [1.29, 1.82) is 0 Å². The van der Waals surface area contributed by atoms with Gasteiger partial charge in [-0.1, -0.05) is 17.7 Å². The Morgan fingerprint density at radius 1 is 1.13 bits per heavy atom. The highest BCUT2D eigenvalue weighted by Crippen LogP contribution is 2.30. The Hall–Kier alpha value is -3.58. The van der Waals surface area contributed by atoms with Gasteiger partial charge in [-0.05, 0) is 42.8 Å². The number of amides is 1. The molecule has 0 atom stereocenters. The number of anilines is 2. The highest BCUT2D eigenvalue weighted by atomic mass is 35.5. The first-order valence-electron chi connectivity index (χ1n) is 9.31. The largest absolute Gasteiger partial charge is 0.457 e. The van der Waals surface area contributed by atoms with E-state index in [1.807, 2.05) is 54.9 Å². The smallest absolute Gasteiger partial charge is 0.269 e. The number of ether oxygens (including phenoxy) is 1. The van der Waals surface area contributed by atoms with Crippen LogP contribution in [0.15, 0.2) is 54.7 Å². The van der Waals surface area contributed by atoms with Crippen LogP contribution in [0.2, 0.25) is 5.02 Å². The Morgan fingerprint density at radius 2 is 1.93 bits per heavy atom. The molecule has 0 aliphatic rings. The molecular weight excluding hydrogens is 402 g/mol. The number of nitrogens with one attached hydrogen (secondary N) is 2. The molecule has 152 valence electrons. The van der Waals surface area contributed by atoms with Crippen LogP contribution in [0.3, 0.4) is 0 Å². The van der Waals surface area contributed by atoms with Gasteiger partial charge in [-0.25, -0.2) is 4.98 Å². The molecule has 4 aromatic rings. The van der Waals surface area contributed by atoms with E-state index in [4.69, 9.17) is 21.3 Å². The Kier molecular flexibility index (Phi) is 5.29. The fourth-order valence-corrected chi connectivity index (χ4v) is 3.26. The average Bonchev–Trinajstić information content (AvgIpc) is 3.05. The van der Waals surface area contributed by atoms with Crippen LogP contribution in [-0.4, -0.2) is 27.5 Å². The van der Waals surface area contributed by atoms with Crippen molar-refractivity contribution in [3.63, 3.8) is 0 Å². The van der Waals surface area contributed by atoms with Gasteiger partial charge in [0.25, 0.3) is 5.91 Å². The zero-order valence-electron chi connectivity index (χ0n) is 16.7. The molecule has 4 rings (SSSR count). The fourth-order valence-electron chi connectivity index (χ4n) is 3.08. The summed E-state index contributed by atoms with van der Waals surface area (Å²) in [7, 11) is 3.50. The molecule has 2 N–H and O–H groups in total. The summed E-state index contributed by atoms with van der Waals surface area (Å²) in [6.45, 7) is 1.96. The quantitative estimate of drug-likeness (QED) is 0.482. The van der Waals surface area contributed by atoms with Crippen LogP contribution in [-0.2, 0) is 7.05 Å². The van der Waals surface area contributed by atoms with Crippen molar-refractivity contribution in [3.05, 3.63) is 71.0 Å². The van der Waals surface area contributed by atoms with Gasteiger partial charge in [-0.3, -0.25) is 9.78 Å². The van der Waals surface area contributed by atoms with Crippen LogP contribution >= 0.6 is 11.6 Å². The molecule has 2 aromatic carbocycles. The average molecular weight is 422 g/mol. The molecule has 0 aliphatic heterocycles. The van der Waals surface area contributed by atoms with Crippen molar-refractivity contribution in [2.75, 3.05) is 12.4 Å². The van der Waals surface area contributed by atoms with Crippen LogP contribution in [0.5, 0.6) is 11.5 Å². The summed E-state index contributed by atoms with van der Waals surface area (Å²) < 4.78 is 7.88. The highest BCUT2D eigenvalue weighted by molar-refractivity contribution is 6.31. The van der Waals surface area contributed by atoms with E-state index in [1.54, 1.807) is 19.2 Å². The number of hydrogen-bond donors (Lipinski definition) is 2. The van der Waals surface area contributed by atoms with Gasteiger partial charge < -0.3 is 19.9 Å². The molecule has 2 heterocycles. The van der Waals surface area contributed by atoms with Crippen molar-refractivity contribution >= 4 is 40.2 Å². The summed E-state index contributed by atoms with van der Waals surface area (Å²) in [6, 6.07) is 14.7. The maximum absolute atomic E-state index is 11.8. The molecule has 2 aromatic heterocycles. The van der Waals surface area contributed by atoms with Crippen molar-refractivity contribution < 1.29 is 9.53 Å². The first-order valence-corrected chi connectivity index (χ1v) is 9.68. The van der Waals surface area contributed by atoms with Crippen LogP contribution in [0.4, 0.5) is 11.6 Å². The van der Waals surface area contributed by atoms with E-state index in [2.05, 4.69) is 15.6 Å². The van der Waals surface area contributed by atoms with Gasteiger partial charge in [-0.2, -0.15) is 0 Å². The highest BCUT2D eigenvalue weighted by Gasteiger charge is 2.12. The summed E-state index contributed by atoms with van der Waals surface area (Å²) in [4.78, 5) is 20.5. The minimum Gasteiger partial charge on any atom is -0.457 e. The van der Waals surface area contributed by atoms with E-state index < -0.39 is 0 Å². The second-order valence-electron chi connectivity index (χ2n) is 6.74. The van der Waals surface area contributed by atoms with Gasteiger partial charge in [0.2, 0.25) is 5.95 Å². The van der Waals surface area contributed by atoms with Crippen LogP contribution in [0.1, 0.15) is 16.1 Å². The summed E-state index contributed by atoms with van der Waals surface area (Å²) in [6.07, 6.45) is 1.54. The van der Waals surface area contributed by atoms with Gasteiger partial charge in [0.1, 0.15) is 17.2 Å². The van der Waals surface area contributed by atoms with Crippen molar-refractivity contribution in [2.24, 2.45) is 7.05 Å². The fraction of sp³-hybridized carbons (Fsp3) is 0.136. The summed E-state index contributed by atoms with van der Waals surface area (Å²) in [5.41, 5.74) is 3.87. The van der Waals surface area contributed by atoms with Crippen LogP contribution < -0.4 is 15.4 Å². The number of aryl methyl sites for hydroxylation is 1. The number of halogens is 1. The minimum absolute atomic E-state index is 0.271. The summed E-state index contributed by atoms with van der Waals surface area (Å²) in [5, 5.41) is 6.59. The molecule has 0 saturated heterocycles. The molecular formula is C22H20ClN5O2. The number of fused-ring (bicyclic) bond motifs is 1. The van der Waals surface area contributed by atoms with E-state index in [0.29, 0.717) is 22.5 Å². The van der Waals surface area contributed by atoms with Gasteiger partial charge in [0.15, 0.2) is 0 Å². The second-order valence-corrected chi connectivity index (χ2v) is 7.15. The number of rotatable bonds is 5. The Balaban J connectivity index is 1.62. The molecule has 0 spiro atoms. The monoisotopic (exact) mass is 421 g/mol. The Bertz CT molecular complexity index is 1250. The van der Waals surface area contributed by atoms with Gasteiger partial charge in [0, 0.05) is 43.1 Å².